The summed E-state index contributed by atoms with van der Waals surface area (Å²) in [4.78, 5) is 12.7. The first-order chi connectivity index (χ1) is 11.0. The van der Waals surface area contributed by atoms with Gasteiger partial charge in [0.15, 0.2) is 13.2 Å². The Morgan fingerprint density at radius 2 is 2.26 bits per heavy atom. The number of likely N-dealkylation sites (N-methyl/N-ethyl adjacent to an activating group) is 1. The van der Waals surface area contributed by atoms with E-state index in [1.807, 2.05) is 7.05 Å². The van der Waals surface area contributed by atoms with Crippen molar-refractivity contribution in [1.29, 1.82) is 0 Å². The molecule has 2 N–H and O–H groups in total. The van der Waals surface area contributed by atoms with Crippen molar-refractivity contribution in [3.63, 3.8) is 0 Å². The van der Waals surface area contributed by atoms with E-state index in [0.717, 1.165) is 17.7 Å². The third-order valence-electron chi connectivity index (χ3n) is 3.52. The fraction of sp³-hybridized carbons (Fsp3) is 0.429. The highest BCUT2D eigenvalue weighted by atomic mass is 32.1. The van der Waals surface area contributed by atoms with Crippen LogP contribution in [0.1, 0.15) is 12.8 Å². The first-order valence-corrected chi connectivity index (χ1v) is 7.83. The highest BCUT2D eigenvalue weighted by Gasteiger charge is 2.24. The standard InChI is InChI=1S/C14H17FN6OS/c1-19(8-13(22)16-11-5-6-11)9-20-14(23)21(18-17-20)12-4-2-3-10(15)7-12/h2-4,7,11H,5-6,8-9H2,1H3,(H,16,22)/p+1. The van der Waals surface area contributed by atoms with E-state index in [9.17, 15) is 9.18 Å². The summed E-state index contributed by atoms with van der Waals surface area (Å²) in [5.41, 5.74) is 0.519. The highest BCUT2D eigenvalue weighted by molar-refractivity contribution is 7.71. The summed E-state index contributed by atoms with van der Waals surface area (Å²) in [6, 6.07) is 6.34. The van der Waals surface area contributed by atoms with Gasteiger partial charge < -0.3 is 10.2 Å². The number of hydrogen-bond donors (Lipinski definition) is 2. The highest BCUT2D eigenvalue weighted by Crippen LogP contribution is 2.18. The van der Waals surface area contributed by atoms with Crippen molar-refractivity contribution in [3.8, 4) is 5.69 Å². The third kappa shape index (κ3) is 3.99. The molecule has 1 aromatic heterocycles. The van der Waals surface area contributed by atoms with Crippen LogP contribution in [0.25, 0.3) is 5.69 Å². The summed E-state index contributed by atoms with van der Waals surface area (Å²) in [6.07, 6.45) is 2.13. The van der Waals surface area contributed by atoms with Crippen LogP contribution in [0, 0.1) is 10.6 Å². The van der Waals surface area contributed by atoms with Gasteiger partial charge in [0.25, 0.3) is 5.91 Å². The van der Waals surface area contributed by atoms with E-state index < -0.39 is 0 Å². The zero-order valence-electron chi connectivity index (χ0n) is 12.7. The van der Waals surface area contributed by atoms with Crippen molar-refractivity contribution in [2.45, 2.75) is 25.6 Å². The number of quaternary nitrogens is 1. The fourth-order valence-electron chi connectivity index (χ4n) is 2.24. The maximum atomic E-state index is 13.3. The molecule has 23 heavy (non-hydrogen) atoms. The lowest BCUT2D eigenvalue weighted by atomic mass is 10.3. The maximum Gasteiger partial charge on any atom is 0.275 e. The number of nitrogens with one attached hydrogen (secondary N) is 2. The molecular weight excluding hydrogens is 319 g/mol. The van der Waals surface area contributed by atoms with E-state index >= 15 is 0 Å². The Labute approximate surface area is 137 Å². The second kappa shape index (κ2) is 6.55. The zero-order valence-corrected chi connectivity index (χ0v) is 13.5. The van der Waals surface area contributed by atoms with Crippen molar-refractivity contribution >= 4 is 18.1 Å². The van der Waals surface area contributed by atoms with Crippen LogP contribution in [-0.4, -0.2) is 45.3 Å². The average molecular weight is 337 g/mol. The molecule has 1 aliphatic carbocycles. The molecule has 1 saturated carbocycles. The minimum atomic E-state index is -0.363. The molecule has 0 saturated heterocycles. The van der Waals surface area contributed by atoms with Gasteiger partial charge in [-0.3, -0.25) is 4.79 Å². The quantitative estimate of drug-likeness (QED) is 0.710. The van der Waals surface area contributed by atoms with Gasteiger partial charge in [0.1, 0.15) is 5.82 Å². The SMILES string of the molecule is C[NH+](CC(=O)NC1CC1)Cn1nnn(-c2cccc(F)c2)c1=S. The first kappa shape index (κ1) is 15.8. The number of nitrogens with zero attached hydrogens (tertiary/aromatic N) is 4. The van der Waals surface area contributed by atoms with Crippen molar-refractivity contribution in [2.24, 2.45) is 0 Å². The van der Waals surface area contributed by atoms with Crippen LogP contribution in [0.15, 0.2) is 24.3 Å². The second-order valence-corrected chi connectivity index (χ2v) is 6.15. The lowest BCUT2D eigenvalue weighted by Gasteiger charge is -2.12. The van der Waals surface area contributed by atoms with Crippen molar-refractivity contribution in [1.82, 2.24) is 25.1 Å². The van der Waals surface area contributed by atoms with Crippen LogP contribution in [0.5, 0.6) is 0 Å². The Morgan fingerprint density at radius 3 is 2.96 bits per heavy atom. The molecule has 1 amide bonds. The number of aromatic nitrogens is 4. The van der Waals surface area contributed by atoms with E-state index in [2.05, 4.69) is 15.7 Å². The van der Waals surface area contributed by atoms with Crippen LogP contribution in [0.2, 0.25) is 0 Å². The summed E-state index contributed by atoms with van der Waals surface area (Å²) < 4.78 is 16.6. The molecule has 1 heterocycles. The number of benzene rings is 1. The van der Waals surface area contributed by atoms with Gasteiger partial charge in [0.2, 0.25) is 4.77 Å². The van der Waals surface area contributed by atoms with Gasteiger partial charge in [-0.15, -0.1) is 0 Å². The summed E-state index contributed by atoms with van der Waals surface area (Å²) in [6.45, 7) is 0.747. The summed E-state index contributed by atoms with van der Waals surface area (Å²) in [5.74, 6) is -0.340. The number of carbonyl (C=O) groups is 1. The molecule has 122 valence electrons. The molecule has 1 atom stereocenters. The number of rotatable bonds is 6. The number of amides is 1. The Balaban J connectivity index is 1.66. The molecule has 1 fully saturated rings. The molecular formula is C14H18FN6OS+. The average Bonchev–Trinajstić information content (AvgIpc) is 3.22. The van der Waals surface area contributed by atoms with Crippen molar-refractivity contribution in [2.75, 3.05) is 13.6 Å². The van der Waals surface area contributed by atoms with E-state index in [1.54, 1.807) is 12.1 Å². The van der Waals surface area contributed by atoms with E-state index in [-0.39, 0.29) is 11.7 Å². The van der Waals surface area contributed by atoms with Gasteiger partial charge in [0.05, 0.1) is 12.7 Å². The van der Waals surface area contributed by atoms with Gasteiger partial charge in [-0.1, -0.05) is 6.07 Å². The molecule has 3 rings (SSSR count). The van der Waals surface area contributed by atoms with Crippen LogP contribution >= 0.6 is 12.2 Å². The molecule has 9 heteroatoms. The van der Waals surface area contributed by atoms with Gasteiger partial charge in [-0.2, -0.15) is 9.36 Å². The summed E-state index contributed by atoms with van der Waals surface area (Å²) in [7, 11) is 1.88. The van der Waals surface area contributed by atoms with E-state index in [1.165, 1.54) is 21.5 Å². The van der Waals surface area contributed by atoms with Gasteiger partial charge in [-0.25, -0.2) is 4.39 Å². The Hall–Kier alpha value is -2.13. The minimum absolute atomic E-state index is 0.0223. The summed E-state index contributed by atoms with van der Waals surface area (Å²) in [5, 5.41) is 10.9. The normalized spacial score (nSPS) is 15.4. The number of hydrogen-bond acceptors (Lipinski definition) is 4. The molecule has 0 radical (unpaired) electrons. The predicted octanol–water partition coefficient (Wildman–Crippen LogP) is -0.312. The lowest BCUT2D eigenvalue weighted by molar-refractivity contribution is -0.895. The molecule has 0 aliphatic heterocycles. The monoisotopic (exact) mass is 337 g/mol. The first-order valence-electron chi connectivity index (χ1n) is 7.42. The topological polar surface area (TPSA) is 69.2 Å². The van der Waals surface area contributed by atoms with Crippen LogP contribution < -0.4 is 10.2 Å². The van der Waals surface area contributed by atoms with Crippen LogP contribution in [-0.2, 0) is 11.5 Å². The zero-order chi connectivity index (χ0) is 16.4. The van der Waals surface area contributed by atoms with Gasteiger partial charge in [-0.05, 0) is 53.7 Å². The molecule has 1 unspecified atom stereocenters. The number of tetrazole rings is 1. The van der Waals surface area contributed by atoms with Crippen molar-refractivity contribution < 1.29 is 14.1 Å². The predicted molar refractivity (Wildman–Crippen MR) is 83.1 cm³/mol. The van der Waals surface area contributed by atoms with Crippen LogP contribution in [0.3, 0.4) is 0 Å². The molecule has 0 bridgehead atoms. The molecule has 1 aromatic carbocycles. The molecule has 1 aliphatic rings. The molecule has 0 spiro atoms. The maximum absolute atomic E-state index is 13.3. The Bertz CT molecular complexity index is 769. The Kier molecular flexibility index (Phi) is 4.49. The van der Waals surface area contributed by atoms with Gasteiger partial charge in [0, 0.05) is 6.04 Å². The van der Waals surface area contributed by atoms with E-state index in [4.69, 9.17) is 12.2 Å². The lowest BCUT2D eigenvalue weighted by Crippen LogP contribution is -3.09. The summed E-state index contributed by atoms with van der Waals surface area (Å²) >= 11 is 5.33. The smallest absolute Gasteiger partial charge is 0.275 e. The molecule has 2 aromatic rings. The molecule has 7 nitrogen and oxygen atoms in total. The van der Waals surface area contributed by atoms with E-state index in [0.29, 0.717) is 29.7 Å². The third-order valence-corrected chi connectivity index (χ3v) is 3.90. The largest absolute Gasteiger partial charge is 0.348 e. The Morgan fingerprint density at radius 1 is 1.48 bits per heavy atom. The van der Waals surface area contributed by atoms with Gasteiger partial charge >= 0.3 is 0 Å². The second-order valence-electron chi connectivity index (χ2n) is 5.79. The van der Waals surface area contributed by atoms with Crippen molar-refractivity contribution in [3.05, 3.63) is 34.9 Å². The number of halogens is 1. The van der Waals surface area contributed by atoms with Crippen LogP contribution in [0.4, 0.5) is 4.39 Å². The number of carbonyl (C=O) groups excluding carboxylic acids is 1. The fourth-order valence-corrected chi connectivity index (χ4v) is 2.48. The minimum Gasteiger partial charge on any atom is -0.348 e.